The predicted molar refractivity (Wildman–Crippen MR) is 108 cm³/mol. The number of ketones is 1. The molecule has 1 heterocycles. The lowest BCUT2D eigenvalue weighted by atomic mass is 10.0. The molecular formula is C19H27BNO7P. The lowest BCUT2D eigenvalue weighted by Crippen LogP contribution is -2.43. The van der Waals surface area contributed by atoms with Crippen LogP contribution in [0, 0.1) is 0 Å². The van der Waals surface area contributed by atoms with Gasteiger partial charge in [0.1, 0.15) is 11.4 Å². The average Bonchev–Trinajstić information content (AvgIpc) is 2.61. The summed E-state index contributed by atoms with van der Waals surface area (Å²) in [4.78, 5) is 23.9. The summed E-state index contributed by atoms with van der Waals surface area (Å²) >= 11 is 0. The van der Waals surface area contributed by atoms with Gasteiger partial charge < -0.3 is 19.3 Å². The maximum Gasteiger partial charge on any atom is 0.408 e. The standard InChI is InChI=1S/C19H27BNO7P/c1-13(22)17(21-18(23)27-19(2,3)4)9-14-5-7-15(8-6-14)28-29(24)12-25-16(10-20)11-26-29/h5-8,16-17H,9-12H2,1-4H3,(H,21,23)/t16-,17-,29?/m0/s1. The normalized spacial score (nSPS) is 23.1. The van der Waals surface area contributed by atoms with Crippen molar-refractivity contribution in [3.63, 3.8) is 0 Å². The first-order valence-corrected chi connectivity index (χ1v) is 11.1. The number of hydrogen-bond acceptors (Lipinski definition) is 7. The third kappa shape index (κ3) is 7.84. The number of nitrogens with one attached hydrogen (secondary N) is 1. The molecule has 1 aliphatic heterocycles. The molecule has 1 amide bonds. The van der Waals surface area contributed by atoms with Gasteiger partial charge in [0.25, 0.3) is 0 Å². The Hall–Kier alpha value is -1.83. The van der Waals surface area contributed by atoms with Gasteiger partial charge in [-0.2, -0.15) is 0 Å². The van der Waals surface area contributed by atoms with E-state index in [0.717, 1.165) is 5.56 Å². The summed E-state index contributed by atoms with van der Waals surface area (Å²) in [6.07, 6.45) is -0.541. The Balaban J connectivity index is 1.95. The molecule has 8 nitrogen and oxygen atoms in total. The SMILES string of the molecule is [B]C[C@H]1COP(=O)(Oc2ccc(C[C@H](NC(=O)OC(C)(C)C)C(C)=O)cc2)CO1. The lowest BCUT2D eigenvalue weighted by molar-refractivity contribution is -0.119. The fraction of sp³-hybridized carbons (Fsp3) is 0.579. The molecule has 1 aromatic carbocycles. The van der Waals surface area contributed by atoms with Crippen molar-refractivity contribution in [3.8, 4) is 5.75 Å². The fourth-order valence-corrected chi connectivity index (χ4v) is 3.91. The van der Waals surface area contributed by atoms with Crippen LogP contribution >= 0.6 is 7.60 Å². The third-order valence-electron chi connectivity index (χ3n) is 3.98. The summed E-state index contributed by atoms with van der Waals surface area (Å²) in [7, 11) is 2.10. The molecule has 0 aliphatic carbocycles. The minimum absolute atomic E-state index is 0.114. The molecule has 1 N–H and O–H groups in total. The maximum absolute atomic E-state index is 12.5. The van der Waals surface area contributed by atoms with Crippen LogP contribution in [0.5, 0.6) is 5.75 Å². The maximum atomic E-state index is 12.5. The van der Waals surface area contributed by atoms with Gasteiger partial charge in [0.2, 0.25) is 0 Å². The van der Waals surface area contributed by atoms with E-state index in [9.17, 15) is 14.2 Å². The molecular weight excluding hydrogens is 396 g/mol. The Morgan fingerprint density at radius 3 is 2.45 bits per heavy atom. The first-order chi connectivity index (χ1) is 13.5. The van der Waals surface area contributed by atoms with Crippen molar-refractivity contribution < 1.29 is 32.7 Å². The van der Waals surface area contributed by atoms with Gasteiger partial charge in [-0.3, -0.25) is 9.32 Å². The number of carbonyl (C=O) groups is 2. The first kappa shape index (κ1) is 23.5. The molecule has 1 aliphatic rings. The summed E-state index contributed by atoms with van der Waals surface area (Å²) in [6, 6.07) is 5.97. The quantitative estimate of drug-likeness (QED) is 0.531. The van der Waals surface area contributed by atoms with Crippen LogP contribution in [-0.2, 0) is 29.8 Å². The van der Waals surface area contributed by atoms with Gasteiger partial charge in [0, 0.05) is 0 Å². The molecule has 10 heteroatoms. The second-order valence-electron chi connectivity index (χ2n) is 7.81. The minimum Gasteiger partial charge on any atom is -0.444 e. The smallest absolute Gasteiger partial charge is 0.408 e. The van der Waals surface area contributed by atoms with Crippen molar-refractivity contribution >= 4 is 27.3 Å². The highest BCUT2D eigenvalue weighted by molar-refractivity contribution is 7.54. The Morgan fingerprint density at radius 1 is 1.31 bits per heavy atom. The molecule has 3 atom stereocenters. The molecule has 158 valence electrons. The van der Waals surface area contributed by atoms with E-state index in [1.807, 2.05) is 0 Å². The van der Waals surface area contributed by atoms with Crippen LogP contribution in [0.1, 0.15) is 33.3 Å². The summed E-state index contributed by atoms with van der Waals surface area (Å²) in [6.45, 7) is 6.76. The summed E-state index contributed by atoms with van der Waals surface area (Å²) in [5, 5.41) is 2.58. The number of carbonyl (C=O) groups excluding carboxylic acids is 2. The number of amides is 1. The van der Waals surface area contributed by atoms with E-state index in [1.54, 1.807) is 45.0 Å². The Kier molecular flexibility index (Phi) is 7.91. The zero-order chi connectivity index (χ0) is 21.7. The second-order valence-corrected chi connectivity index (χ2v) is 9.73. The van der Waals surface area contributed by atoms with Crippen LogP contribution in [0.2, 0.25) is 6.32 Å². The number of Topliss-reactive ketones (excluding diaryl/α,β-unsaturated/α-hetero) is 1. The van der Waals surface area contributed by atoms with Gasteiger partial charge in [0.15, 0.2) is 12.1 Å². The molecule has 29 heavy (non-hydrogen) atoms. The predicted octanol–water partition coefficient (Wildman–Crippen LogP) is 3.24. The fourth-order valence-electron chi connectivity index (χ4n) is 2.50. The van der Waals surface area contributed by atoms with E-state index in [0.29, 0.717) is 5.75 Å². The number of benzene rings is 1. The number of rotatable bonds is 7. The topological polar surface area (TPSA) is 100 Å². The van der Waals surface area contributed by atoms with E-state index in [1.165, 1.54) is 6.92 Å². The van der Waals surface area contributed by atoms with Crippen molar-refractivity contribution in [2.75, 3.05) is 13.0 Å². The summed E-state index contributed by atoms with van der Waals surface area (Å²) < 4.78 is 33.9. The van der Waals surface area contributed by atoms with Crippen LogP contribution in [0.3, 0.4) is 0 Å². The Morgan fingerprint density at radius 2 is 1.97 bits per heavy atom. The van der Waals surface area contributed by atoms with Crippen molar-refractivity contribution in [1.82, 2.24) is 5.32 Å². The average molecular weight is 423 g/mol. The molecule has 1 unspecified atom stereocenters. The number of ether oxygens (including phenoxy) is 2. The zero-order valence-electron chi connectivity index (χ0n) is 17.2. The minimum atomic E-state index is -3.39. The first-order valence-electron chi connectivity index (χ1n) is 9.33. The van der Waals surface area contributed by atoms with Gasteiger partial charge >= 0.3 is 13.7 Å². The molecule has 0 saturated carbocycles. The number of alkyl carbamates (subject to hydrolysis) is 1. The largest absolute Gasteiger partial charge is 0.444 e. The third-order valence-corrected chi connectivity index (χ3v) is 5.47. The summed E-state index contributed by atoms with van der Waals surface area (Å²) in [5.74, 6) is 0.161. The zero-order valence-corrected chi connectivity index (χ0v) is 18.1. The highest BCUT2D eigenvalue weighted by atomic mass is 31.2. The van der Waals surface area contributed by atoms with Crippen LogP contribution < -0.4 is 9.84 Å². The Labute approximate surface area is 172 Å². The molecule has 1 saturated heterocycles. The van der Waals surface area contributed by atoms with E-state index in [-0.39, 0.29) is 37.6 Å². The second kappa shape index (κ2) is 9.78. The van der Waals surface area contributed by atoms with Crippen molar-refractivity contribution in [2.24, 2.45) is 0 Å². The van der Waals surface area contributed by atoms with E-state index >= 15 is 0 Å². The molecule has 0 spiro atoms. The van der Waals surface area contributed by atoms with Gasteiger partial charge in [-0.05, 0) is 51.8 Å². The van der Waals surface area contributed by atoms with Crippen LogP contribution in [0.15, 0.2) is 24.3 Å². The molecule has 2 radical (unpaired) electrons. The van der Waals surface area contributed by atoms with E-state index in [2.05, 4.69) is 5.32 Å². The van der Waals surface area contributed by atoms with Crippen molar-refractivity contribution in [2.45, 2.75) is 58.2 Å². The van der Waals surface area contributed by atoms with Crippen molar-refractivity contribution in [1.29, 1.82) is 0 Å². The highest BCUT2D eigenvalue weighted by Gasteiger charge is 2.33. The van der Waals surface area contributed by atoms with Gasteiger partial charge in [0.05, 0.1) is 26.6 Å². The lowest BCUT2D eigenvalue weighted by Gasteiger charge is -2.28. The van der Waals surface area contributed by atoms with E-state index in [4.69, 9.17) is 26.4 Å². The highest BCUT2D eigenvalue weighted by Crippen LogP contribution is 2.51. The van der Waals surface area contributed by atoms with Crippen LogP contribution in [0.4, 0.5) is 4.79 Å². The number of hydrogen-bond donors (Lipinski definition) is 1. The van der Waals surface area contributed by atoms with E-state index < -0.39 is 25.3 Å². The van der Waals surface area contributed by atoms with Gasteiger partial charge in [-0.25, -0.2) is 9.36 Å². The summed E-state index contributed by atoms with van der Waals surface area (Å²) in [5.41, 5.74) is 0.132. The molecule has 0 aromatic heterocycles. The Bertz CT molecular complexity index is 751. The molecule has 2 rings (SSSR count). The monoisotopic (exact) mass is 423 g/mol. The molecule has 1 fully saturated rings. The van der Waals surface area contributed by atoms with Crippen LogP contribution in [-0.4, -0.2) is 50.4 Å². The van der Waals surface area contributed by atoms with Gasteiger partial charge in [-0.1, -0.05) is 18.5 Å². The van der Waals surface area contributed by atoms with Crippen molar-refractivity contribution in [3.05, 3.63) is 29.8 Å². The molecule has 1 aromatic rings. The van der Waals surface area contributed by atoms with Gasteiger partial charge in [-0.15, -0.1) is 0 Å². The van der Waals surface area contributed by atoms with Crippen LogP contribution in [0.25, 0.3) is 0 Å². The molecule has 0 bridgehead atoms.